The molecule has 1 aromatic rings. The molecule has 3 rings (SSSR count). The van der Waals surface area contributed by atoms with E-state index in [1.54, 1.807) is 0 Å². The van der Waals surface area contributed by atoms with Crippen LogP contribution in [0.5, 0.6) is 0 Å². The van der Waals surface area contributed by atoms with Gasteiger partial charge in [0.1, 0.15) is 0 Å². The van der Waals surface area contributed by atoms with Crippen LogP contribution in [0.3, 0.4) is 0 Å². The zero-order valence-corrected chi connectivity index (χ0v) is 14.9. The molecule has 0 spiro atoms. The Bertz CT molecular complexity index is 560. The number of likely N-dealkylation sites (N-methyl/N-ethyl adjacent to an activating group) is 1. The molecule has 1 aromatic carbocycles. The monoisotopic (exact) mass is 315 g/mol. The summed E-state index contributed by atoms with van der Waals surface area (Å²) in [5.74, 6) is 0.261. The molecule has 0 aromatic heterocycles. The van der Waals surface area contributed by atoms with Crippen LogP contribution >= 0.6 is 0 Å². The number of hydrogen-bond acceptors (Lipinski definition) is 2. The van der Waals surface area contributed by atoms with Crippen molar-refractivity contribution in [3.8, 4) is 0 Å². The minimum absolute atomic E-state index is 0.149. The topological polar surface area (TPSA) is 29.5 Å². The summed E-state index contributed by atoms with van der Waals surface area (Å²) in [5.41, 5.74) is 2.37. The van der Waals surface area contributed by atoms with Crippen molar-refractivity contribution in [2.45, 2.75) is 63.4 Å². The van der Waals surface area contributed by atoms with Gasteiger partial charge in [0.05, 0.1) is 11.5 Å². The van der Waals surface area contributed by atoms with Crippen LogP contribution in [0.25, 0.3) is 0 Å². The molecule has 1 amide bonds. The van der Waals surface area contributed by atoms with Crippen molar-refractivity contribution in [1.29, 1.82) is 0 Å². The predicted octanol–water partition coefficient (Wildman–Crippen LogP) is 3.65. The molecule has 0 N–H and O–H groups in total. The van der Waals surface area contributed by atoms with Crippen LogP contribution in [0.15, 0.2) is 24.3 Å². The normalized spacial score (nSPS) is 22.9. The van der Waals surface area contributed by atoms with Gasteiger partial charge < -0.3 is 9.64 Å². The number of carbonyl (C=O) groups is 1. The second-order valence-corrected chi connectivity index (χ2v) is 8.23. The molecule has 1 unspecified atom stereocenters. The molecule has 23 heavy (non-hydrogen) atoms. The first kappa shape index (κ1) is 16.5. The van der Waals surface area contributed by atoms with Crippen LogP contribution < -0.4 is 0 Å². The molecule has 2 fully saturated rings. The number of benzene rings is 1. The highest BCUT2D eigenvalue weighted by molar-refractivity contribution is 5.91. The van der Waals surface area contributed by atoms with E-state index in [4.69, 9.17) is 4.74 Å². The zero-order valence-electron chi connectivity index (χ0n) is 14.9. The number of nitrogens with zero attached hydrogens (tertiary/aromatic N) is 1. The molecular weight excluding hydrogens is 286 g/mol. The minimum Gasteiger partial charge on any atom is -0.376 e. The average Bonchev–Trinajstić information content (AvgIpc) is 3.17. The fourth-order valence-electron chi connectivity index (χ4n) is 3.58. The van der Waals surface area contributed by atoms with Gasteiger partial charge in [-0.05, 0) is 42.2 Å². The summed E-state index contributed by atoms with van der Waals surface area (Å²) in [4.78, 5) is 14.9. The fourth-order valence-corrected chi connectivity index (χ4v) is 3.58. The first-order chi connectivity index (χ1) is 10.8. The molecule has 1 saturated carbocycles. The lowest BCUT2D eigenvalue weighted by Gasteiger charge is -2.27. The third kappa shape index (κ3) is 3.30. The average molecular weight is 315 g/mol. The standard InChI is InChI=1S/C20H29NO2/c1-19(2,3)15-7-9-16(10-8-15)20(11-12-20)18(22)21(4)14-17-6-5-13-23-17/h7-10,17H,5-6,11-14H2,1-4H3. The van der Waals surface area contributed by atoms with Crippen molar-refractivity contribution in [2.75, 3.05) is 20.2 Å². The summed E-state index contributed by atoms with van der Waals surface area (Å²) in [6.07, 6.45) is 4.35. The Hall–Kier alpha value is -1.35. The van der Waals surface area contributed by atoms with Crippen LogP contribution in [-0.4, -0.2) is 37.1 Å². The van der Waals surface area contributed by atoms with Crippen molar-refractivity contribution in [2.24, 2.45) is 0 Å². The Morgan fingerprint density at radius 1 is 1.26 bits per heavy atom. The number of ether oxygens (including phenoxy) is 1. The molecule has 0 bridgehead atoms. The quantitative estimate of drug-likeness (QED) is 0.849. The van der Waals surface area contributed by atoms with Gasteiger partial charge in [-0.3, -0.25) is 4.79 Å². The first-order valence-corrected chi connectivity index (χ1v) is 8.81. The summed E-state index contributed by atoms with van der Waals surface area (Å²) in [6.45, 7) is 8.22. The van der Waals surface area contributed by atoms with Gasteiger partial charge in [0.25, 0.3) is 0 Å². The maximum absolute atomic E-state index is 13.0. The molecule has 1 aliphatic heterocycles. The summed E-state index contributed by atoms with van der Waals surface area (Å²) in [7, 11) is 1.92. The highest BCUT2D eigenvalue weighted by atomic mass is 16.5. The van der Waals surface area contributed by atoms with Gasteiger partial charge in [-0.2, -0.15) is 0 Å². The molecule has 1 aliphatic carbocycles. The lowest BCUT2D eigenvalue weighted by atomic mass is 9.84. The van der Waals surface area contributed by atoms with E-state index >= 15 is 0 Å². The van der Waals surface area contributed by atoms with E-state index in [9.17, 15) is 4.79 Å². The highest BCUT2D eigenvalue weighted by Crippen LogP contribution is 2.49. The smallest absolute Gasteiger partial charge is 0.233 e. The number of amides is 1. The Morgan fingerprint density at radius 2 is 1.91 bits per heavy atom. The van der Waals surface area contributed by atoms with Gasteiger partial charge in [-0.25, -0.2) is 0 Å². The van der Waals surface area contributed by atoms with Crippen molar-refractivity contribution in [1.82, 2.24) is 4.90 Å². The van der Waals surface area contributed by atoms with Crippen LogP contribution in [0.1, 0.15) is 57.6 Å². The van der Waals surface area contributed by atoms with E-state index in [0.29, 0.717) is 0 Å². The second-order valence-electron chi connectivity index (χ2n) is 8.23. The van der Waals surface area contributed by atoms with Gasteiger partial charge in [0, 0.05) is 20.2 Å². The maximum Gasteiger partial charge on any atom is 0.233 e. The second kappa shape index (κ2) is 5.94. The van der Waals surface area contributed by atoms with Gasteiger partial charge in [-0.15, -0.1) is 0 Å². The Balaban J connectivity index is 1.72. The van der Waals surface area contributed by atoms with Gasteiger partial charge >= 0.3 is 0 Å². The van der Waals surface area contributed by atoms with E-state index in [1.807, 2.05) is 11.9 Å². The zero-order chi connectivity index (χ0) is 16.7. The van der Waals surface area contributed by atoms with E-state index in [1.165, 1.54) is 11.1 Å². The first-order valence-electron chi connectivity index (χ1n) is 8.81. The lowest BCUT2D eigenvalue weighted by molar-refractivity contribution is -0.134. The molecular formula is C20H29NO2. The van der Waals surface area contributed by atoms with Crippen molar-refractivity contribution in [3.05, 3.63) is 35.4 Å². The molecule has 1 saturated heterocycles. The SMILES string of the molecule is CN(CC1CCCO1)C(=O)C1(c2ccc(C(C)(C)C)cc2)CC1. The van der Waals surface area contributed by atoms with Gasteiger partial charge in [-0.1, -0.05) is 45.0 Å². The summed E-state index contributed by atoms with van der Waals surface area (Å²) in [5, 5.41) is 0. The van der Waals surface area contributed by atoms with Crippen LogP contribution in [0.4, 0.5) is 0 Å². The molecule has 1 atom stereocenters. The number of hydrogen-bond donors (Lipinski definition) is 0. The van der Waals surface area contributed by atoms with E-state index in [-0.39, 0.29) is 22.8 Å². The van der Waals surface area contributed by atoms with E-state index in [0.717, 1.165) is 38.8 Å². The van der Waals surface area contributed by atoms with Crippen LogP contribution in [0.2, 0.25) is 0 Å². The Labute approximate surface area is 140 Å². The molecule has 1 heterocycles. The molecule has 126 valence electrons. The number of rotatable bonds is 4. The Kier molecular flexibility index (Phi) is 4.26. The third-order valence-corrected chi connectivity index (χ3v) is 5.31. The summed E-state index contributed by atoms with van der Waals surface area (Å²) < 4.78 is 5.67. The van der Waals surface area contributed by atoms with Crippen LogP contribution in [-0.2, 0) is 20.4 Å². The maximum atomic E-state index is 13.0. The van der Waals surface area contributed by atoms with Crippen molar-refractivity contribution in [3.63, 3.8) is 0 Å². The van der Waals surface area contributed by atoms with Crippen molar-refractivity contribution >= 4 is 5.91 Å². The fraction of sp³-hybridized carbons (Fsp3) is 0.650. The number of carbonyl (C=O) groups excluding carboxylic acids is 1. The van der Waals surface area contributed by atoms with E-state index < -0.39 is 0 Å². The molecule has 3 heteroatoms. The van der Waals surface area contributed by atoms with E-state index in [2.05, 4.69) is 45.0 Å². The van der Waals surface area contributed by atoms with Crippen LogP contribution in [0, 0.1) is 0 Å². The summed E-state index contributed by atoms with van der Waals surface area (Å²) >= 11 is 0. The molecule has 3 nitrogen and oxygen atoms in total. The molecule has 0 radical (unpaired) electrons. The molecule has 2 aliphatic rings. The largest absolute Gasteiger partial charge is 0.376 e. The van der Waals surface area contributed by atoms with Crippen molar-refractivity contribution < 1.29 is 9.53 Å². The van der Waals surface area contributed by atoms with Gasteiger partial charge in [0.2, 0.25) is 5.91 Å². The predicted molar refractivity (Wildman–Crippen MR) is 92.7 cm³/mol. The Morgan fingerprint density at radius 3 is 2.39 bits per heavy atom. The minimum atomic E-state index is -0.274. The highest BCUT2D eigenvalue weighted by Gasteiger charge is 2.52. The third-order valence-electron chi connectivity index (χ3n) is 5.31. The summed E-state index contributed by atoms with van der Waals surface area (Å²) in [6, 6.07) is 8.68. The van der Waals surface area contributed by atoms with Gasteiger partial charge in [0.15, 0.2) is 0 Å². The lowest BCUT2D eigenvalue weighted by Crippen LogP contribution is -2.40.